The number of rotatable bonds is 4. The van der Waals surface area contributed by atoms with E-state index in [1.54, 1.807) is 10.7 Å². The van der Waals surface area contributed by atoms with Gasteiger partial charge in [0.15, 0.2) is 0 Å². The highest BCUT2D eigenvalue weighted by atomic mass is 32.2. The van der Waals surface area contributed by atoms with Crippen molar-refractivity contribution in [3.05, 3.63) is 35.8 Å². The third-order valence-corrected chi connectivity index (χ3v) is 5.69. The molecule has 0 unspecified atom stereocenters. The van der Waals surface area contributed by atoms with Crippen molar-refractivity contribution in [2.45, 2.75) is 37.6 Å². The number of hydrogen-bond donors (Lipinski definition) is 1. The smallest absolute Gasteiger partial charge is 0.268 e. The Morgan fingerprint density at radius 3 is 2.71 bits per heavy atom. The van der Waals surface area contributed by atoms with E-state index >= 15 is 0 Å². The first-order valence-electron chi connectivity index (χ1n) is 7.67. The topological polar surface area (TPSA) is 111 Å². The standard InChI is InChI=1S/C15H19N5O3S/c1-10(2)19-9-12(8-17-19)24(22,23)20-7-3-4-11-5-6-13(14(16)21)18-15(11)20/h5-6,8-10H,3-4,7H2,1-2H3,(H2,16,21). The van der Waals surface area contributed by atoms with Crippen molar-refractivity contribution in [2.75, 3.05) is 10.8 Å². The zero-order valence-corrected chi connectivity index (χ0v) is 14.3. The third kappa shape index (κ3) is 2.75. The van der Waals surface area contributed by atoms with Gasteiger partial charge in [-0.25, -0.2) is 17.7 Å². The molecule has 3 rings (SSSR count). The Labute approximate surface area is 140 Å². The molecule has 9 heteroatoms. The minimum atomic E-state index is -3.80. The van der Waals surface area contributed by atoms with Crippen molar-refractivity contribution in [1.29, 1.82) is 0 Å². The Kier molecular flexibility index (Phi) is 4.04. The minimum Gasteiger partial charge on any atom is -0.364 e. The van der Waals surface area contributed by atoms with Crippen LogP contribution in [-0.4, -0.2) is 35.6 Å². The summed E-state index contributed by atoms with van der Waals surface area (Å²) in [5, 5.41) is 4.09. The van der Waals surface area contributed by atoms with Gasteiger partial charge >= 0.3 is 0 Å². The number of fused-ring (bicyclic) bond motifs is 1. The van der Waals surface area contributed by atoms with Gasteiger partial charge in [-0.15, -0.1) is 0 Å². The van der Waals surface area contributed by atoms with E-state index in [4.69, 9.17) is 5.73 Å². The maximum atomic E-state index is 13.0. The highest BCUT2D eigenvalue weighted by Gasteiger charge is 2.32. The quantitative estimate of drug-likeness (QED) is 0.888. The number of primary amides is 1. The number of carbonyl (C=O) groups is 1. The lowest BCUT2D eigenvalue weighted by Gasteiger charge is -2.29. The molecule has 0 spiro atoms. The molecule has 0 bridgehead atoms. The first kappa shape index (κ1) is 16.4. The zero-order chi connectivity index (χ0) is 17.5. The molecule has 1 aliphatic heterocycles. The molecule has 2 aromatic heterocycles. The molecular weight excluding hydrogens is 330 g/mol. The number of nitrogens with two attached hydrogens (primary N) is 1. The van der Waals surface area contributed by atoms with Crippen LogP contribution in [0.5, 0.6) is 0 Å². The van der Waals surface area contributed by atoms with Crippen LogP contribution in [0.15, 0.2) is 29.4 Å². The third-order valence-electron chi connectivity index (χ3n) is 3.95. The van der Waals surface area contributed by atoms with Crippen molar-refractivity contribution in [3.8, 4) is 0 Å². The van der Waals surface area contributed by atoms with Crippen LogP contribution in [0, 0.1) is 0 Å². The van der Waals surface area contributed by atoms with Crippen LogP contribution in [0.25, 0.3) is 0 Å². The summed E-state index contributed by atoms with van der Waals surface area (Å²) in [7, 11) is -3.80. The van der Waals surface area contributed by atoms with Gasteiger partial charge < -0.3 is 5.73 Å². The van der Waals surface area contributed by atoms with Gasteiger partial charge in [0.05, 0.1) is 6.20 Å². The Balaban J connectivity index is 2.06. The Hall–Kier alpha value is -2.42. The van der Waals surface area contributed by atoms with Gasteiger partial charge in [0.25, 0.3) is 15.9 Å². The normalized spacial score (nSPS) is 14.7. The number of hydrogen-bond acceptors (Lipinski definition) is 5. The summed E-state index contributed by atoms with van der Waals surface area (Å²) < 4.78 is 28.8. The average molecular weight is 349 g/mol. The fourth-order valence-corrected chi connectivity index (χ4v) is 4.07. The van der Waals surface area contributed by atoms with Gasteiger partial charge in [-0.1, -0.05) is 6.07 Å². The fraction of sp³-hybridized carbons (Fsp3) is 0.400. The lowest BCUT2D eigenvalue weighted by molar-refractivity contribution is 0.0995. The lowest BCUT2D eigenvalue weighted by atomic mass is 10.1. The van der Waals surface area contributed by atoms with Gasteiger partial charge in [-0.3, -0.25) is 9.48 Å². The molecule has 0 radical (unpaired) electrons. The fourth-order valence-electron chi connectivity index (χ4n) is 2.64. The van der Waals surface area contributed by atoms with Crippen LogP contribution in [0.1, 0.15) is 42.4 Å². The predicted octanol–water partition coefficient (Wildman–Crippen LogP) is 1.10. The Morgan fingerprint density at radius 2 is 2.08 bits per heavy atom. The van der Waals surface area contributed by atoms with E-state index in [0.29, 0.717) is 19.4 Å². The molecule has 0 aromatic carbocycles. The highest BCUT2D eigenvalue weighted by molar-refractivity contribution is 7.92. The Bertz CT molecular complexity index is 888. The molecule has 0 fully saturated rings. The van der Waals surface area contributed by atoms with Crippen molar-refractivity contribution < 1.29 is 13.2 Å². The summed E-state index contributed by atoms with van der Waals surface area (Å²) in [6.45, 7) is 4.14. The number of nitrogens with zero attached hydrogens (tertiary/aromatic N) is 4. The summed E-state index contributed by atoms with van der Waals surface area (Å²) >= 11 is 0. The highest BCUT2D eigenvalue weighted by Crippen LogP contribution is 2.30. The van der Waals surface area contributed by atoms with Crippen LogP contribution in [-0.2, 0) is 16.4 Å². The van der Waals surface area contributed by atoms with Gasteiger partial charge in [0.2, 0.25) is 0 Å². The van der Waals surface area contributed by atoms with E-state index in [0.717, 1.165) is 5.56 Å². The molecule has 0 saturated carbocycles. The first-order chi connectivity index (χ1) is 11.3. The molecule has 0 saturated heterocycles. The van der Waals surface area contributed by atoms with E-state index in [1.807, 2.05) is 13.8 Å². The number of amides is 1. The summed E-state index contributed by atoms with van der Waals surface area (Å²) in [4.78, 5) is 15.6. The summed E-state index contributed by atoms with van der Waals surface area (Å²) in [6.07, 6.45) is 4.23. The van der Waals surface area contributed by atoms with E-state index in [-0.39, 0.29) is 22.4 Å². The number of aromatic nitrogens is 3. The van der Waals surface area contributed by atoms with E-state index in [2.05, 4.69) is 10.1 Å². The van der Waals surface area contributed by atoms with Gasteiger partial charge in [0, 0.05) is 18.8 Å². The molecule has 24 heavy (non-hydrogen) atoms. The molecule has 2 N–H and O–H groups in total. The minimum absolute atomic E-state index is 0.0497. The molecule has 128 valence electrons. The van der Waals surface area contributed by atoms with Gasteiger partial charge in [-0.05, 0) is 38.3 Å². The van der Waals surface area contributed by atoms with Crippen LogP contribution in [0.3, 0.4) is 0 Å². The van der Waals surface area contributed by atoms with Crippen LogP contribution in [0.2, 0.25) is 0 Å². The molecule has 2 aromatic rings. The Morgan fingerprint density at radius 1 is 1.33 bits per heavy atom. The maximum Gasteiger partial charge on any atom is 0.268 e. The zero-order valence-electron chi connectivity index (χ0n) is 13.5. The van der Waals surface area contributed by atoms with Gasteiger partial charge in [-0.2, -0.15) is 5.10 Å². The molecule has 0 atom stereocenters. The number of carbonyl (C=O) groups excluding carboxylic acids is 1. The first-order valence-corrected chi connectivity index (χ1v) is 9.11. The molecular formula is C15H19N5O3S. The number of sulfonamides is 1. The van der Waals surface area contributed by atoms with Gasteiger partial charge in [0.1, 0.15) is 16.4 Å². The van der Waals surface area contributed by atoms with Crippen molar-refractivity contribution in [3.63, 3.8) is 0 Å². The second-order valence-corrected chi connectivity index (χ2v) is 7.84. The lowest BCUT2D eigenvalue weighted by Crippen LogP contribution is -2.36. The predicted molar refractivity (Wildman–Crippen MR) is 88.2 cm³/mol. The number of aryl methyl sites for hydroxylation is 1. The summed E-state index contributed by atoms with van der Waals surface area (Å²) in [5.41, 5.74) is 6.10. The van der Waals surface area contributed by atoms with Crippen LogP contribution < -0.4 is 10.0 Å². The van der Waals surface area contributed by atoms with E-state index < -0.39 is 15.9 Å². The molecule has 0 aliphatic carbocycles. The molecule has 8 nitrogen and oxygen atoms in total. The molecule has 1 aliphatic rings. The maximum absolute atomic E-state index is 13.0. The van der Waals surface area contributed by atoms with Crippen molar-refractivity contribution in [2.24, 2.45) is 5.73 Å². The number of pyridine rings is 1. The van der Waals surface area contributed by atoms with Crippen molar-refractivity contribution >= 4 is 21.7 Å². The molecule has 3 heterocycles. The second-order valence-electron chi connectivity index (χ2n) is 5.97. The van der Waals surface area contributed by atoms with E-state index in [9.17, 15) is 13.2 Å². The SMILES string of the molecule is CC(C)n1cc(S(=O)(=O)N2CCCc3ccc(C(N)=O)nc32)cn1. The van der Waals surface area contributed by atoms with E-state index in [1.165, 1.54) is 22.8 Å². The second kappa shape index (κ2) is 5.90. The molecule has 1 amide bonds. The van der Waals surface area contributed by atoms with Crippen LogP contribution in [0.4, 0.5) is 5.82 Å². The largest absolute Gasteiger partial charge is 0.364 e. The van der Waals surface area contributed by atoms with Crippen molar-refractivity contribution in [1.82, 2.24) is 14.8 Å². The monoisotopic (exact) mass is 349 g/mol. The average Bonchev–Trinajstić information content (AvgIpc) is 3.04. The summed E-state index contributed by atoms with van der Waals surface area (Å²) in [6, 6.07) is 3.29. The number of anilines is 1. The van der Waals surface area contributed by atoms with Crippen LogP contribution >= 0.6 is 0 Å². The summed E-state index contributed by atoms with van der Waals surface area (Å²) in [5.74, 6) is -0.414.